The van der Waals surface area contributed by atoms with Gasteiger partial charge < -0.3 is 24.1 Å². The minimum absolute atomic E-state index is 0.0882. The Morgan fingerprint density at radius 3 is 2.12 bits per heavy atom. The third kappa shape index (κ3) is 13.6. The molecule has 7 rings (SSSR count). The summed E-state index contributed by atoms with van der Waals surface area (Å²) in [6.45, 7) is 10.2. The van der Waals surface area contributed by atoms with Crippen molar-refractivity contribution < 1.29 is 43.3 Å². The van der Waals surface area contributed by atoms with Gasteiger partial charge in [-0.1, -0.05) is 91.7 Å². The molecule has 1 saturated carbocycles. The first-order valence-corrected chi connectivity index (χ1v) is 22.6. The van der Waals surface area contributed by atoms with Crippen LogP contribution < -0.4 is 14.7 Å². The van der Waals surface area contributed by atoms with E-state index in [-0.39, 0.29) is 24.5 Å². The number of methoxy groups -OCH3 is 3. The van der Waals surface area contributed by atoms with Crippen LogP contribution in [0, 0.1) is 19.3 Å². The second-order valence-corrected chi connectivity index (χ2v) is 17.5. The molecule has 0 radical (unpaired) electrons. The van der Waals surface area contributed by atoms with E-state index in [2.05, 4.69) is 35.1 Å². The largest absolute Gasteiger partial charge is 0.472 e. The standard InChI is InChI=1S/C19H18ClN3O4.C17H20ClN3O.C15H21NO4/c1-25-19(24)23(26-2)17-6-4-3-5-14(17)13-27-18-11-12-22(21-18)16-9-7-15(20)8-10-16;1-16(2)8-7-14(9-13-3-5-15(18)6-4-13)17(16,22)10-21-12-19-11-20-21;1-10-7-6-8-11(2)14(10)16(13(17)9-19-4)12(3)15(18)20-5/h3-12H,13H2,1-2H3;3-6,9,11-12,22H,7-8,10H2,1-2H3;6-8,12H,9H2,1-5H3/b;14-9+;/t;;12-/m..1/s1. The average Bonchev–Trinajstić information content (AvgIpc) is 4.09. The number of hydrogen-bond donors (Lipinski definition) is 1. The summed E-state index contributed by atoms with van der Waals surface area (Å²) in [5, 5.41) is 22.3. The lowest BCUT2D eigenvalue weighted by Gasteiger charge is -2.37. The van der Waals surface area contributed by atoms with Crippen LogP contribution in [0.4, 0.5) is 16.2 Å². The zero-order valence-corrected chi connectivity index (χ0v) is 41.8. The molecule has 366 valence electrons. The zero-order chi connectivity index (χ0) is 50.3. The number of rotatable bonds is 14. The fourth-order valence-corrected chi connectivity index (χ4v) is 8.01. The molecule has 0 spiro atoms. The van der Waals surface area contributed by atoms with E-state index in [1.807, 2.05) is 80.6 Å². The van der Waals surface area contributed by atoms with E-state index in [1.54, 1.807) is 59.1 Å². The maximum atomic E-state index is 12.3. The summed E-state index contributed by atoms with van der Waals surface area (Å²) < 4.78 is 23.5. The number of halogens is 2. The van der Waals surface area contributed by atoms with E-state index in [0.717, 1.165) is 57.1 Å². The number of amides is 2. The summed E-state index contributed by atoms with van der Waals surface area (Å²) >= 11 is 11.8. The maximum absolute atomic E-state index is 12.3. The van der Waals surface area contributed by atoms with Crippen LogP contribution in [0.25, 0.3) is 11.8 Å². The molecule has 1 N–H and O–H groups in total. The van der Waals surface area contributed by atoms with Crippen LogP contribution in [0.3, 0.4) is 0 Å². The highest BCUT2D eigenvalue weighted by Gasteiger charge is 2.51. The maximum Gasteiger partial charge on any atom is 0.438 e. The Kier molecular flexibility index (Phi) is 19.1. The second kappa shape index (κ2) is 24.6. The van der Waals surface area contributed by atoms with Crippen LogP contribution in [0.1, 0.15) is 55.9 Å². The van der Waals surface area contributed by atoms with Gasteiger partial charge in [0.2, 0.25) is 5.88 Å². The van der Waals surface area contributed by atoms with E-state index in [0.29, 0.717) is 28.2 Å². The number of carbonyl (C=O) groups excluding carboxylic acids is 3. The molecule has 18 heteroatoms. The number of aliphatic hydroxyl groups is 1. The number of nitrogens with zero attached hydrogens (tertiary/aromatic N) is 7. The number of hydrogen-bond acceptors (Lipinski definition) is 12. The topological polar surface area (TPSA) is 173 Å². The molecule has 6 aromatic rings. The number of anilines is 2. The van der Waals surface area contributed by atoms with Crippen LogP contribution in [0.15, 0.2) is 121 Å². The number of aromatic nitrogens is 5. The SMILES string of the molecule is CC1(C)CC/C(=C\c2ccc(Cl)cc2)C1(O)Cn1cncn1.COC(=O)N(OC)c1ccccc1COc1ccn(-c2ccc(Cl)cc2)n1.COCC(=O)N(c1c(C)cccc1C)[C@H](C)C(=O)OC. The first-order chi connectivity index (χ1) is 33.0. The third-order valence-corrected chi connectivity index (χ3v) is 12.2. The van der Waals surface area contributed by atoms with Crippen molar-refractivity contribution in [1.29, 1.82) is 0 Å². The van der Waals surface area contributed by atoms with Gasteiger partial charge in [0.1, 0.15) is 37.5 Å². The lowest BCUT2D eigenvalue weighted by molar-refractivity contribution is -0.143. The summed E-state index contributed by atoms with van der Waals surface area (Å²) in [4.78, 5) is 46.5. The van der Waals surface area contributed by atoms with E-state index in [1.165, 1.54) is 39.7 Å². The molecule has 2 heterocycles. The minimum Gasteiger partial charge on any atom is -0.472 e. The Morgan fingerprint density at radius 1 is 0.870 bits per heavy atom. The quantitative estimate of drug-likeness (QED) is 0.0810. The molecule has 4 aromatic carbocycles. The lowest BCUT2D eigenvalue weighted by Crippen LogP contribution is -2.46. The van der Waals surface area contributed by atoms with Crippen molar-refractivity contribution >= 4 is 58.6 Å². The van der Waals surface area contributed by atoms with Crippen molar-refractivity contribution in [3.8, 4) is 11.6 Å². The molecule has 0 aliphatic heterocycles. The number of esters is 1. The third-order valence-electron chi connectivity index (χ3n) is 11.6. The molecule has 69 heavy (non-hydrogen) atoms. The van der Waals surface area contributed by atoms with Gasteiger partial charge in [-0.15, -0.1) is 5.10 Å². The van der Waals surface area contributed by atoms with Crippen LogP contribution in [-0.4, -0.2) is 94.3 Å². The number of carbonyl (C=O) groups is 3. The van der Waals surface area contributed by atoms with Crippen LogP contribution in [-0.2, 0) is 41.8 Å². The van der Waals surface area contributed by atoms with Gasteiger partial charge in [-0.2, -0.15) is 10.2 Å². The number of para-hydroxylation sites is 2. The Balaban J connectivity index is 0.000000196. The van der Waals surface area contributed by atoms with Crippen LogP contribution in [0.5, 0.6) is 5.88 Å². The molecule has 1 aliphatic carbocycles. The highest BCUT2D eigenvalue weighted by molar-refractivity contribution is 6.30. The predicted molar refractivity (Wildman–Crippen MR) is 265 cm³/mol. The van der Waals surface area contributed by atoms with Gasteiger partial charge in [-0.3, -0.25) is 14.5 Å². The fraction of sp³-hybridized carbons (Fsp3) is 0.333. The van der Waals surface area contributed by atoms with E-state index >= 15 is 0 Å². The molecule has 2 atom stereocenters. The van der Waals surface area contributed by atoms with E-state index in [4.69, 9.17) is 47.0 Å². The molecule has 2 amide bonds. The monoisotopic (exact) mass is 983 g/mol. The number of benzene rings is 4. The molecule has 1 aliphatic rings. The molecule has 2 aromatic heterocycles. The fourth-order valence-electron chi connectivity index (χ4n) is 7.76. The normalized spacial score (nSPS) is 15.7. The minimum atomic E-state index is -0.930. The molecule has 0 saturated heterocycles. The Labute approximate surface area is 412 Å². The second-order valence-electron chi connectivity index (χ2n) is 16.6. The van der Waals surface area contributed by atoms with Crippen molar-refractivity contribution in [1.82, 2.24) is 24.5 Å². The molecular formula is C51H59Cl2N7O9. The van der Waals surface area contributed by atoms with Crippen molar-refractivity contribution in [3.05, 3.63) is 154 Å². The van der Waals surface area contributed by atoms with E-state index in [9.17, 15) is 19.5 Å². The first-order valence-electron chi connectivity index (χ1n) is 21.9. The van der Waals surface area contributed by atoms with Gasteiger partial charge in [-0.05, 0) is 104 Å². The lowest BCUT2D eigenvalue weighted by atomic mass is 9.76. The van der Waals surface area contributed by atoms with Crippen molar-refractivity contribution in [2.75, 3.05) is 45.0 Å². The predicted octanol–water partition coefficient (Wildman–Crippen LogP) is 9.65. The van der Waals surface area contributed by atoms with Gasteiger partial charge in [-0.25, -0.2) is 23.9 Å². The van der Waals surface area contributed by atoms with E-state index < -0.39 is 23.7 Å². The number of hydroxylamine groups is 1. The summed E-state index contributed by atoms with van der Waals surface area (Å²) in [6.07, 6.45) is 8.19. The van der Waals surface area contributed by atoms with Crippen LogP contribution >= 0.6 is 23.2 Å². The molecule has 1 fully saturated rings. The highest BCUT2D eigenvalue weighted by Crippen LogP contribution is 2.50. The van der Waals surface area contributed by atoms with Gasteiger partial charge in [0.05, 0.1) is 44.9 Å². The van der Waals surface area contributed by atoms with Gasteiger partial charge >= 0.3 is 12.1 Å². The summed E-state index contributed by atoms with van der Waals surface area (Å²) in [7, 11) is 5.44. The molecule has 1 unspecified atom stereocenters. The van der Waals surface area contributed by atoms with Crippen LogP contribution in [0.2, 0.25) is 10.0 Å². The average molecular weight is 985 g/mol. The number of aryl methyl sites for hydroxylation is 2. The van der Waals surface area contributed by atoms with Gasteiger partial charge in [0.25, 0.3) is 5.91 Å². The molecule has 0 bridgehead atoms. The Hall–Kier alpha value is -6.56. The summed E-state index contributed by atoms with van der Waals surface area (Å²) in [5.41, 5.74) is 5.66. The highest BCUT2D eigenvalue weighted by atomic mass is 35.5. The molecular weight excluding hydrogens is 926 g/mol. The van der Waals surface area contributed by atoms with Crippen molar-refractivity contribution in [2.45, 2.75) is 72.3 Å². The number of ether oxygens (including phenoxy) is 4. The Bertz CT molecular complexity index is 2640. The van der Waals surface area contributed by atoms with Crippen molar-refractivity contribution in [2.24, 2.45) is 5.41 Å². The smallest absolute Gasteiger partial charge is 0.438 e. The van der Waals surface area contributed by atoms with Gasteiger partial charge in [0, 0.05) is 35.0 Å². The van der Waals surface area contributed by atoms with Gasteiger partial charge in [0.15, 0.2) is 0 Å². The summed E-state index contributed by atoms with van der Waals surface area (Å²) in [6, 6.07) is 29.0. The van der Waals surface area contributed by atoms with Crippen molar-refractivity contribution in [3.63, 3.8) is 0 Å². The Morgan fingerprint density at radius 2 is 1.52 bits per heavy atom. The first kappa shape index (κ1) is 53.4. The zero-order valence-electron chi connectivity index (χ0n) is 40.3. The summed E-state index contributed by atoms with van der Waals surface area (Å²) in [5.74, 6) is -0.290. The molecule has 16 nitrogen and oxygen atoms in total.